The van der Waals surface area contributed by atoms with Gasteiger partial charge in [-0.15, -0.1) is 0 Å². The van der Waals surface area contributed by atoms with Gasteiger partial charge < -0.3 is 10.2 Å². The van der Waals surface area contributed by atoms with E-state index in [1.807, 2.05) is 19.1 Å². The maximum absolute atomic E-state index is 8.57. The quantitative estimate of drug-likeness (QED) is 0.568. The largest absolute Gasteiger partial charge is 0.396 e. The van der Waals surface area contributed by atoms with E-state index in [1.165, 1.54) is 0 Å². The van der Waals surface area contributed by atoms with Crippen LogP contribution < -0.4 is 0 Å². The molecule has 0 heterocycles. The van der Waals surface area contributed by atoms with Crippen LogP contribution in [0.25, 0.3) is 0 Å². The molecule has 0 rings (SSSR count). The normalized spacial score (nSPS) is 15.1. The maximum Gasteiger partial charge on any atom is 0.0615 e. The third-order valence-electron chi connectivity index (χ3n) is 1.08. The lowest BCUT2D eigenvalue weighted by molar-refractivity contribution is 0.262. The molecular formula is C8H14O2. The van der Waals surface area contributed by atoms with Crippen molar-refractivity contribution >= 4 is 0 Å². The molecule has 1 atom stereocenters. The zero-order chi connectivity index (χ0) is 7.82. The smallest absolute Gasteiger partial charge is 0.0615 e. The van der Waals surface area contributed by atoms with Gasteiger partial charge in [-0.3, -0.25) is 0 Å². The van der Waals surface area contributed by atoms with Crippen LogP contribution in [0.2, 0.25) is 0 Å². The Kier molecular flexibility index (Phi) is 6.13. The van der Waals surface area contributed by atoms with Gasteiger partial charge in [-0.2, -0.15) is 0 Å². The lowest BCUT2D eigenvalue weighted by atomic mass is 10.2. The number of hydrogen-bond acceptors (Lipinski definition) is 2. The van der Waals surface area contributed by atoms with Gasteiger partial charge in [0, 0.05) is 6.61 Å². The minimum absolute atomic E-state index is 0.0673. The van der Waals surface area contributed by atoms with E-state index in [0.717, 1.165) is 0 Å². The first-order valence-corrected chi connectivity index (χ1v) is 3.36. The van der Waals surface area contributed by atoms with E-state index >= 15 is 0 Å². The third-order valence-corrected chi connectivity index (χ3v) is 1.08. The monoisotopic (exact) mass is 142 g/mol. The number of aliphatic hydroxyl groups excluding tert-OH is 2. The molecule has 0 aromatic rings. The summed E-state index contributed by atoms with van der Waals surface area (Å²) in [6.45, 7) is 2.16. The minimum Gasteiger partial charge on any atom is -0.396 e. The number of aliphatic hydroxyl groups is 2. The van der Waals surface area contributed by atoms with Crippen LogP contribution in [-0.4, -0.2) is 23.4 Å². The van der Waals surface area contributed by atoms with Crippen LogP contribution >= 0.6 is 0 Å². The second-order valence-electron chi connectivity index (χ2n) is 2.16. The molecule has 0 spiro atoms. The van der Waals surface area contributed by atoms with Crippen molar-refractivity contribution in [3.63, 3.8) is 0 Å². The summed E-state index contributed by atoms with van der Waals surface area (Å²) in [5.41, 5.74) is 0. The molecule has 0 aromatic carbocycles. The topological polar surface area (TPSA) is 40.5 Å². The van der Waals surface area contributed by atoms with Crippen molar-refractivity contribution in [2.24, 2.45) is 5.92 Å². The van der Waals surface area contributed by atoms with E-state index in [2.05, 4.69) is 0 Å². The van der Waals surface area contributed by atoms with E-state index in [4.69, 9.17) is 10.2 Å². The summed E-state index contributed by atoms with van der Waals surface area (Å²) in [6, 6.07) is 0. The van der Waals surface area contributed by atoms with Gasteiger partial charge in [-0.05, 0) is 5.92 Å². The van der Waals surface area contributed by atoms with E-state index in [0.29, 0.717) is 0 Å². The summed E-state index contributed by atoms with van der Waals surface area (Å²) in [7, 11) is 0. The predicted octanol–water partition coefficient (Wildman–Crippen LogP) is 0.720. The standard InChI is InChI=1S/C8H14O2/c1-8(7-10)5-3-2-4-6-9/h2-5,8-10H,6-7H2,1H3/b4-2-,5-3-. The zero-order valence-electron chi connectivity index (χ0n) is 6.20. The fourth-order valence-corrected chi connectivity index (χ4v) is 0.454. The SMILES string of the molecule is CC(/C=C\C=C/CO)CO. The Labute approximate surface area is 61.5 Å². The predicted molar refractivity (Wildman–Crippen MR) is 41.6 cm³/mol. The highest BCUT2D eigenvalue weighted by molar-refractivity contribution is 5.03. The summed E-state index contributed by atoms with van der Waals surface area (Å²) in [6.07, 6.45) is 7.09. The molecule has 0 saturated heterocycles. The molecule has 0 fully saturated rings. The van der Waals surface area contributed by atoms with Gasteiger partial charge >= 0.3 is 0 Å². The fraction of sp³-hybridized carbons (Fsp3) is 0.500. The highest BCUT2D eigenvalue weighted by atomic mass is 16.3. The van der Waals surface area contributed by atoms with Crippen LogP contribution in [0.15, 0.2) is 24.3 Å². The van der Waals surface area contributed by atoms with Crippen LogP contribution in [0.1, 0.15) is 6.92 Å². The molecule has 58 valence electrons. The van der Waals surface area contributed by atoms with Gasteiger partial charge in [-0.25, -0.2) is 0 Å². The molecule has 2 heteroatoms. The number of allylic oxidation sites excluding steroid dienone is 2. The van der Waals surface area contributed by atoms with Crippen LogP contribution in [0.5, 0.6) is 0 Å². The molecule has 0 aliphatic carbocycles. The molecule has 0 radical (unpaired) electrons. The lowest BCUT2D eigenvalue weighted by Gasteiger charge is -1.95. The first kappa shape index (κ1) is 9.40. The Morgan fingerprint density at radius 1 is 1.30 bits per heavy atom. The van der Waals surface area contributed by atoms with Crippen molar-refractivity contribution in [2.45, 2.75) is 6.92 Å². The summed E-state index contributed by atoms with van der Waals surface area (Å²) in [5.74, 6) is 0.198. The van der Waals surface area contributed by atoms with Gasteiger partial charge in [0.15, 0.2) is 0 Å². The van der Waals surface area contributed by atoms with E-state index in [9.17, 15) is 0 Å². The third kappa shape index (κ3) is 5.54. The van der Waals surface area contributed by atoms with E-state index < -0.39 is 0 Å². The average Bonchev–Trinajstić information content (AvgIpc) is 1.98. The molecule has 10 heavy (non-hydrogen) atoms. The molecule has 0 aromatic heterocycles. The first-order chi connectivity index (χ1) is 4.81. The molecule has 2 nitrogen and oxygen atoms in total. The molecule has 0 aliphatic heterocycles. The second kappa shape index (κ2) is 6.52. The fourth-order valence-electron chi connectivity index (χ4n) is 0.454. The Bertz CT molecular complexity index is 116. The molecule has 0 saturated carbocycles. The first-order valence-electron chi connectivity index (χ1n) is 3.36. The Morgan fingerprint density at radius 2 is 2.00 bits per heavy atom. The van der Waals surface area contributed by atoms with Gasteiger partial charge in [-0.1, -0.05) is 31.2 Å². The summed E-state index contributed by atoms with van der Waals surface area (Å²) < 4.78 is 0. The number of hydrogen-bond donors (Lipinski definition) is 2. The Hall–Kier alpha value is -0.600. The summed E-state index contributed by atoms with van der Waals surface area (Å²) >= 11 is 0. The zero-order valence-corrected chi connectivity index (χ0v) is 6.20. The van der Waals surface area contributed by atoms with Crippen molar-refractivity contribution in [3.05, 3.63) is 24.3 Å². The van der Waals surface area contributed by atoms with E-state index in [1.54, 1.807) is 12.2 Å². The van der Waals surface area contributed by atoms with Crippen LogP contribution in [0, 0.1) is 5.92 Å². The van der Waals surface area contributed by atoms with Gasteiger partial charge in [0.05, 0.1) is 6.61 Å². The maximum atomic E-state index is 8.57. The van der Waals surface area contributed by atoms with Crippen molar-refractivity contribution in [1.82, 2.24) is 0 Å². The second-order valence-corrected chi connectivity index (χ2v) is 2.16. The van der Waals surface area contributed by atoms with Gasteiger partial charge in [0.2, 0.25) is 0 Å². The highest BCUT2D eigenvalue weighted by Crippen LogP contribution is 1.93. The minimum atomic E-state index is 0.0673. The van der Waals surface area contributed by atoms with Crippen LogP contribution in [0.3, 0.4) is 0 Å². The molecule has 2 N–H and O–H groups in total. The number of rotatable bonds is 4. The molecule has 1 unspecified atom stereocenters. The molecule has 0 amide bonds. The van der Waals surface area contributed by atoms with Gasteiger partial charge in [0.25, 0.3) is 0 Å². The average molecular weight is 142 g/mol. The Morgan fingerprint density at radius 3 is 2.50 bits per heavy atom. The molecule has 0 bridgehead atoms. The van der Waals surface area contributed by atoms with Crippen molar-refractivity contribution in [3.8, 4) is 0 Å². The summed E-state index contributed by atoms with van der Waals surface area (Å²) in [4.78, 5) is 0. The van der Waals surface area contributed by atoms with E-state index in [-0.39, 0.29) is 19.1 Å². The summed E-state index contributed by atoms with van der Waals surface area (Å²) in [5, 5.41) is 16.9. The Balaban J connectivity index is 3.44. The molecule has 0 aliphatic rings. The van der Waals surface area contributed by atoms with Gasteiger partial charge in [0.1, 0.15) is 0 Å². The van der Waals surface area contributed by atoms with Crippen molar-refractivity contribution in [2.75, 3.05) is 13.2 Å². The lowest BCUT2D eigenvalue weighted by Crippen LogP contribution is -1.94. The van der Waals surface area contributed by atoms with Crippen molar-refractivity contribution in [1.29, 1.82) is 0 Å². The van der Waals surface area contributed by atoms with Crippen molar-refractivity contribution < 1.29 is 10.2 Å². The van der Waals surface area contributed by atoms with Crippen LogP contribution in [-0.2, 0) is 0 Å². The van der Waals surface area contributed by atoms with Crippen LogP contribution in [0.4, 0.5) is 0 Å². The molecular weight excluding hydrogens is 128 g/mol. The highest BCUT2D eigenvalue weighted by Gasteiger charge is 1.88.